The number of carbonyl (C=O) groups is 1. The van der Waals surface area contributed by atoms with Crippen LogP contribution in [0.4, 0.5) is 5.69 Å². The van der Waals surface area contributed by atoms with E-state index in [0.717, 1.165) is 0 Å². The molecule has 1 atom stereocenters. The Kier molecular flexibility index (Phi) is 4.04. The molecule has 1 aromatic rings. The summed E-state index contributed by atoms with van der Waals surface area (Å²) in [6.45, 7) is 0.945. The van der Waals surface area contributed by atoms with Gasteiger partial charge < -0.3 is 4.74 Å². The molecule has 5 heteroatoms. The number of nitrogens with zero attached hydrogens (tertiary/aromatic N) is 1. The number of ketones is 1. The number of para-hydroxylation sites is 1. The largest absolute Gasteiger partial charge is 0.380 e. The van der Waals surface area contributed by atoms with Gasteiger partial charge in [0.15, 0.2) is 0 Å². The predicted molar refractivity (Wildman–Crippen MR) is 65.4 cm³/mol. The van der Waals surface area contributed by atoms with Crippen LogP contribution in [0, 0.1) is 16.0 Å². The molecule has 96 valence electrons. The Morgan fingerprint density at radius 2 is 2.17 bits per heavy atom. The molecule has 0 bridgehead atoms. The van der Waals surface area contributed by atoms with Crippen LogP contribution in [0.25, 0.3) is 0 Å². The van der Waals surface area contributed by atoms with Crippen molar-refractivity contribution < 1.29 is 14.5 Å². The van der Waals surface area contributed by atoms with Crippen LogP contribution >= 0.6 is 0 Å². The first-order chi connectivity index (χ1) is 8.68. The molecule has 0 saturated carbocycles. The fraction of sp³-hybridized carbons (Fsp3) is 0.462. The highest BCUT2D eigenvalue weighted by molar-refractivity contribution is 5.81. The fourth-order valence-electron chi connectivity index (χ4n) is 2.17. The summed E-state index contributed by atoms with van der Waals surface area (Å²) in [5.74, 6) is 0.0957. The van der Waals surface area contributed by atoms with Gasteiger partial charge in [-0.1, -0.05) is 18.2 Å². The highest BCUT2D eigenvalue weighted by Crippen LogP contribution is 2.22. The van der Waals surface area contributed by atoms with Crippen molar-refractivity contribution in [2.75, 3.05) is 13.2 Å². The van der Waals surface area contributed by atoms with Crippen LogP contribution in [0.3, 0.4) is 0 Å². The number of carbonyl (C=O) groups excluding carboxylic acids is 1. The van der Waals surface area contributed by atoms with E-state index in [1.54, 1.807) is 18.2 Å². The summed E-state index contributed by atoms with van der Waals surface area (Å²) < 4.78 is 5.26. The molecule has 0 aromatic heterocycles. The Labute approximate surface area is 105 Å². The summed E-state index contributed by atoms with van der Waals surface area (Å²) in [5, 5.41) is 10.9. The van der Waals surface area contributed by atoms with Gasteiger partial charge in [-0.2, -0.15) is 0 Å². The van der Waals surface area contributed by atoms with Crippen LogP contribution in [0.15, 0.2) is 24.3 Å². The number of rotatable bonds is 4. The molecule has 1 saturated heterocycles. The average molecular weight is 249 g/mol. The Morgan fingerprint density at radius 1 is 1.39 bits per heavy atom. The monoisotopic (exact) mass is 249 g/mol. The van der Waals surface area contributed by atoms with Gasteiger partial charge in [-0.25, -0.2) is 0 Å². The van der Waals surface area contributed by atoms with Gasteiger partial charge in [-0.3, -0.25) is 14.9 Å². The van der Waals surface area contributed by atoms with E-state index in [2.05, 4.69) is 0 Å². The molecule has 0 radical (unpaired) electrons. The third-order valence-electron chi connectivity index (χ3n) is 3.22. The molecule has 0 N–H and O–H groups in total. The minimum atomic E-state index is -0.380. The summed E-state index contributed by atoms with van der Waals surface area (Å²) >= 11 is 0. The summed E-state index contributed by atoms with van der Waals surface area (Å²) in [4.78, 5) is 22.1. The highest BCUT2D eigenvalue weighted by atomic mass is 16.6. The standard InChI is InChI=1S/C13H15NO4/c15-13-7-8-18-9-11(13)6-5-10-3-1-2-4-12(10)14(16)17/h1-4,11H,5-9H2. The molecule has 1 aliphatic heterocycles. The van der Waals surface area contributed by atoms with E-state index in [1.807, 2.05) is 0 Å². The van der Waals surface area contributed by atoms with Gasteiger partial charge in [0.05, 0.1) is 18.1 Å². The van der Waals surface area contributed by atoms with Gasteiger partial charge >= 0.3 is 0 Å². The Hall–Kier alpha value is -1.75. The maximum atomic E-state index is 11.6. The van der Waals surface area contributed by atoms with Crippen molar-refractivity contribution in [1.29, 1.82) is 0 Å². The summed E-state index contributed by atoms with van der Waals surface area (Å²) in [6, 6.07) is 6.67. The molecule has 1 heterocycles. The topological polar surface area (TPSA) is 69.4 Å². The number of hydrogen-bond acceptors (Lipinski definition) is 4. The number of ether oxygens (including phenoxy) is 1. The molecule has 5 nitrogen and oxygen atoms in total. The molecule has 0 spiro atoms. The molecule has 1 unspecified atom stereocenters. The van der Waals surface area contributed by atoms with Crippen molar-refractivity contribution in [3.8, 4) is 0 Å². The number of nitro benzene ring substituents is 1. The van der Waals surface area contributed by atoms with Crippen LogP contribution in [-0.4, -0.2) is 23.9 Å². The third kappa shape index (κ3) is 2.92. The smallest absolute Gasteiger partial charge is 0.272 e. The second kappa shape index (κ2) is 5.73. The quantitative estimate of drug-likeness (QED) is 0.605. The molecule has 1 aliphatic rings. The maximum absolute atomic E-state index is 11.6. The average Bonchev–Trinajstić information content (AvgIpc) is 2.38. The summed E-state index contributed by atoms with van der Waals surface area (Å²) in [6.07, 6.45) is 1.61. The van der Waals surface area contributed by atoms with Gasteiger partial charge in [0.2, 0.25) is 0 Å². The third-order valence-corrected chi connectivity index (χ3v) is 3.22. The predicted octanol–water partition coefficient (Wildman–Crippen LogP) is 2.13. The summed E-state index contributed by atoms with van der Waals surface area (Å²) in [5.41, 5.74) is 0.808. The normalized spacial score (nSPS) is 19.8. The van der Waals surface area contributed by atoms with E-state index in [0.29, 0.717) is 38.0 Å². The van der Waals surface area contributed by atoms with E-state index in [-0.39, 0.29) is 22.3 Å². The molecule has 0 amide bonds. The van der Waals surface area contributed by atoms with Gasteiger partial charge in [0.1, 0.15) is 5.78 Å². The molecular formula is C13H15NO4. The summed E-state index contributed by atoms with van der Waals surface area (Å²) in [7, 11) is 0. The molecule has 18 heavy (non-hydrogen) atoms. The minimum Gasteiger partial charge on any atom is -0.380 e. The van der Waals surface area contributed by atoms with Crippen LogP contribution in [0.2, 0.25) is 0 Å². The number of nitro groups is 1. The first kappa shape index (κ1) is 12.7. The van der Waals surface area contributed by atoms with Crippen molar-refractivity contribution in [3.05, 3.63) is 39.9 Å². The molecule has 1 fully saturated rings. The molecule has 1 aromatic carbocycles. The molecule has 2 rings (SSSR count). The van der Waals surface area contributed by atoms with Crippen LogP contribution in [0.1, 0.15) is 18.4 Å². The van der Waals surface area contributed by atoms with Crippen molar-refractivity contribution >= 4 is 11.5 Å². The minimum absolute atomic E-state index is 0.112. The Balaban J connectivity index is 2.01. The number of aryl methyl sites for hydroxylation is 1. The van der Waals surface area contributed by atoms with Gasteiger partial charge in [0.25, 0.3) is 5.69 Å². The Bertz CT molecular complexity index is 458. The van der Waals surface area contributed by atoms with Crippen LogP contribution < -0.4 is 0 Å². The zero-order chi connectivity index (χ0) is 13.0. The van der Waals surface area contributed by atoms with Crippen LogP contribution in [0.5, 0.6) is 0 Å². The van der Waals surface area contributed by atoms with E-state index < -0.39 is 0 Å². The van der Waals surface area contributed by atoms with Crippen molar-refractivity contribution in [2.45, 2.75) is 19.3 Å². The van der Waals surface area contributed by atoms with Crippen LogP contribution in [-0.2, 0) is 16.0 Å². The van der Waals surface area contributed by atoms with E-state index in [1.165, 1.54) is 6.07 Å². The lowest BCUT2D eigenvalue weighted by Gasteiger charge is -2.20. The highest BCUT2D eigenvalue weighted by Gasteiger charge is 2.23. The lowest BCUT2D eigenvalue weighted by atomic mass is 9.93. The van der Waals surface area contributed by atoms with E-state index in [9.17, 15) is 14.9 Å². The van der Waals surface area contributed by atoms with Gasteiger partial charge in [-0.05, 0) is 12.8 Å². The number of hydrogen-bond donors (Lipinski definition) is 0. The van der Waals surface area contributed by atoms with Gasteiger partial charge in [0, 0.05) is 24.0 Å². The number of benzene rings is 1. The van der Waals surface area contributed by atoms with E-state index >= 15 is 0 Å². The zero-order valence-electron chi connectivity index (χ0n) is 10.0. The molecule has 0 aliphatic carbocycles. The van der Waals surface area contributed by atoms with E-state index in [4.69, 9.17) is 4.74 Å². The fourth-order valence-corrected chi connectivity index (χ4v) is 2.17. The number of Topliss-reactive ketones (excluding diaryl/α,β-unsaturated/α-hetero) is 1. The molecular weight excluding hydrogens is 234 g/mol. The first-order valence-electron chi connectivity index (χ1n) is 6.01. The maximum Gasteiger partial charge on any atom is 0.272 e. The van der Waals surface area contributed by atoms with Crippen molar-refractivity contribution in [1.82, 2.24) is 0 Å². The SMILES string of the molecule is O=C1CCOCC1CCc1ccccc1[N+](=O)[O-]. The lowest BCUT2D eigenvalue weighted by Crippen LogP contribution is -2.27. The van der Waals surface area contributed by atoms with Crippen molar-refractivity contribution in [3.63, 3.8) is 0 Å². The lowest BCUT2D eigenvalue weighted by molar-refractivity contribution is -0.385. The first-order valence-corrected chi connectivity index (χ1v) is 6.01. The Morgan fingerprint density at radius 3 is 2.89 bits per heavy atom. The second-order valence-corrected chi connectivity index (χ2v) is 4.41. The van der Waals surface area contributed by atoms with Crippen molar-refractivity contribution in [2.24, 2.45) is 5.92 Å². The van der Waals surface area contributed by atoms with Gasteiger partial charge in [-0.15, -0.1) is 0 Å². The second-order valence-electron chi connectivity index (χ2n) is 4.41. The zero-order valence-corrected chi connectivity index (χ0v) is 10.0.